The highest BCUT2D eigenvalue weighted by molar-refractivity contribution is 5.84. The second-order valence-electron chi connectivity index (χ2n) is 14.2. The molecule has 1 nitrogen and oxygen atoms in total. The van der Waals surface area contributed by atoms with Crippen LogP contribution in [0.15, 0.2) is 42.5 Å². The van der Waals surface area contributed by atoms with Crippen LogP contribution in [0, 0.1) is 23.2 Å². The molecular formula is C38H53N. The molecule has 1 heterocycles. The van der Waals surface area contributed by atoms with E-state index < -0.39 is 0 Å². The molecule has 3 aromatic rings. The Morgan fingerprint density at radius 3 is 1.92 bits per heavy atom. The number of hydrogen-bond donors (Lipinski definition) is 0. The van der Waals surface area contributed by atoms with Crippen LogP contribution in [-0.4, -0.2) is 4.57 Å². The largest absolute Gasteiger partial charge is 0.338 e. The predicted molar refractivity (Wildman–Crippen MR) is 171 cm³/mol. The molecule has 5 rings (SSSR count). The van der Waals surface area contributed by atoms with Gasteiger partial charge in [-0.15, -0.1) is 0 Å². The molecule has 0 unspecified atom stereocenters. The predicted octanol–water partition coefficient (Wildman–Crippen LogP) is 9.54. The van der Waals surface area contributed by atoms with E-state index in [1.807, 2.05) is 0 Å². The van der Waals surface area contributed by atoms with Gasteiger partial charge in [0.1, 0.15) is 0 Å². The Morgan fingerprint density at radius 1 is 0.769 bits per heavy atom. The number of benzene rings is 2. The van der Waals surface area contributed by atoms with Crippen LogP contribution in [0.25, 0.3) is 23.9 Å². The summed E-state index contributed by atoms with van der Waals surface area (Å²) in [6.07, 6.45) is 14.9. The minimum atomic E-state index is 0.529. The summed E-state index contributed by atoms with van der Waals surface area (Å²) < 4.78 is 2.50. The maximum Gasteiger partial charge on any atom is 0.0420 e. The van der Waals surface area contributed by atoms with E-state index in [1.165, 1.54) is 102 Å². The van der Waals surface area contributed by atoms with Crippen molar-refractivity contribution in [1.29, 1.82) is 0 Å². The molecule has 0 saturated heterocycles. The molecular weight excluding hydrogens is 470 g/mol. The third kappa shape index (κ3) is 6.08. The molecule has 2 aliphatic carbocycles. The lowest BCUT2D eigenvalue weighted by molar-refractivity contribution is 0.113. The summed E-state index contributed by atoms with van der Waals surface area (Å²) in [5.41, 5.74) is 4.68. The maximum absolute atomic E-state index is 4.59. The molecule has 2 saturated carbocycles. The van der Waals surface area contributed by atoms with Crippen LogP contribution >= 0.6 is 0 Å². The molecule has 0 bridgehead atoms. The molecule has 2 aromatic carbocycles. The van der Waals surface area contributed by atoms with E-state index in [1.54, 1.807) is 0 Å². The second kappa shape index (κ2) is 11.7. The highest BCUT2D eigenvalue weighted by Gasteiger charge is 2.33. The van der Waals surface area contributed by atoms with Gasteiger partial charge in [-0.2, -0.15) is 0 Å². The average molecular weight is 524 g/mol. The lowest BCUT2D eigenvalue weighted by Crippen LogP contribution is -2.33. The van der Waals surface area contributed by atoms with E-state index in [-0.39, 0.29) is 0 Å². The molecule has 2 fully saturated rings. The van der Waals surface area contributed by atoms with Crippen molar-refractivity contribution < 1.29 is 0 Å². The van der Waals surface area contributed by atoms with Crippen LogP contribution in [0.2, 0.25) is 0 Å². The summed E-state index contributed by atoms with van der Waals surface area (Å²) in [5.74, 6) is 3.40. The Morgan fingerprint density at radius 2 is 1.33 bits per heavy atom. The van der Waals surface area contributed by atoms with Crippen molar-refractivity contribution in [1.82, 2.24) is 4.57 Å². The highest BCUT2D eigenvalue weighted by atomic mass is 15.0. The monoisotopic (exact) mass is 523 g/mol. The molecule has 0 atom stereocenters. The molecule has 0 amide bonds. The number of fused-ring (bicyclic) bond motifs is 1. The first-order chi connectivity index (χ1) is 18.7. The van der Waals surface area contributed by atoms with Gasteiger partial charge in [0.05, 0.1) is 0 Å². The summed E-state index contributed by atoms with van der Waals surface area (Å²) in [5, 5.41) is 4.92. The van der Waals surface area contributed by atoms with Gasteiger partial charge in [-0.3, -0.25) is 0 Å². The standard InChI is InChI=1S/C38H53N/c1-8-38(6,7)34-18-11-30(12-19-34)23-31-13-20-35(21-14-31)39-27(4)36-22-15-32(25-37(36)28(39)5)24-29-9-16-33(17-10-29)26(2)3/h9-10,15-17,22,25-26,30-31,34-35H,4-5,8,11-14,18-21,23-24H2,1-3,6-7H3. The van der Waals surface area contributed by atoms with Crippen LogP contribution in [0.1, 0.15) is 127 Å². The van der Waals surface area contributed by atoms with Gasteiger partial charge < -0.3 is 4.57 Å². The number of hydrogen-bond acceptors (Lipinski definition) is 0. The van der Waals surface area contributed by atoms with Gasteiger partial charge in [-0.25, -0.2) is 0 Å². The highest BCUT2D eigenvalue weighted by Crippen LogP contribution is 2.45. The third-order valence-corrected chi connectivity index (χ3v) is 11.1. The minimum Gasteiger partial charge on any atom is -0.338 e. The van der Waals surface area contributed by atoms with Crippen molar-refractivity contribution in [3.8, 4) is 0 Å². The van der Waals surface area contributed by atoms with Crippen LogP contribution in [0.3, 0.4) is 0 Å². The maximum atomic E-state index is 4.59. The fourth-order valence-corrected chi connectivity index (χ4v) is 7.89. The molecule has 0 N–H and O–H groups in total. The fourth-order valence-electron chi connectivity index (χ4n) is 7.89. The summed E-state index contributed by atoms with van der Waals surface area (Å²) in [6, 6.07) is 16.7. The van der Waals surface area contributed by atoms with Gasteiger partial charge in [0.15, 0.2) is 0 Å². The van der Waals surface area contributed by atoms with Gasteiger partial charge in [-0.05, 0) is 103 Å². The van der Waals surface area contributed by atoms with Crippen molar-refractivity contribution in [2.75, 3.05) is 0 Å². The summed E-state index contributed by atoms with van der Waals surface area (Å²) >= 11 is 0. The Kier molecular flexibility index (Phi) is 8.46. The van der Waals surface area contributed by atoms with E-state index >= 15 is 0 Å². The number of aromatic nitrogens is 1. The van der Waals surface area contributed by atoms with Gasteiger partial charge >= 0.3 is 0 Å². The Labute approximate surface area is 238 Å². The van der Waals surface area contributed by atoms with Crippen molar-refractivity contribution >= 4 is 23.9 Å². The summed E-state index contributed by atoms with van der Waals surface area (Å²) in [6.45, 7) is 21.0. The van der Waals surface area contributed by atoms with Crippen LogP contribution in [-0.2, 0) is 6.42 Å². The zero-order valence-corrected chi connectivity index (χ0v) is 25.6. The SMILES string of the molecule is C=c1c2ccc(Cc3ccc(C(C)C)cc3)cc2c(=C)n1C1CCC(CC2CCC(C(C)(C)CC)CC2)CC1. The van der Waals surface area contributed by atoms with Gasteiger partial charge in [-0.1, -0.05) is 103 Å². The first-order valence-electron chi connectivity index (χ1n) is 16.1. The molecule has 0 aliphatic heterocycles. The fraction of sp³-hybridized carbons (Fsp3) is 0.579. The molecule has 0 spiro atoms. The van der Waals surface area contributed by atoms with Crippen LogP contribution in [0.5, 0.6) is 0 Å². The lowest BCUT2D eigenvalue weighted by Gasteiger charge is -2.40. The molecule has 210 valence electrons. The first-order valence-corrected chi connectivity index (χ1v) is 16.1. The molecule has 1 heteroatoms. The Balaban J connectivity index is 1.21. The van der Waals surface area contributed by atoms with E-state index in [2.05, 4.69) is 94.8 Å². The molecule has 2 aliphatic rings. The van der Waals surface area contributed by atoms with Gasteiger partial charge in [0.25, 0.3) is 0 Å². The van der Waals surface area contributed by atoms with Gasteiger partial charge in [0, 0.05) is 27.5 Å². The molecule has 0 radical (unpaired) electrons. The van der Waals surface area contributed by atoms with Crippen LogP contribution < -0.4 is 10.7 Å². The normalized spacial score (nSPS) is 24.5. The second-order valence-corrected chi connectivity index (χ2v) is 14.2. The quantitative estimate of drug-likeness (QED) is 0.277. The molecule has 39 heavy (non-hydrogen) atoms. The zero-order chi connectivity index (χ0) is 27.7. The molecule has 1 aromatic heterocycles. The first kappa shape index (κ1) is 28.3. The number of rotatable bonds is 8. The van der Waals surface area contributed by atoms with E-state index in [4.69, 9.17) is 0 Å². The van der Waals surface area contributed by atoms with Crippen molar-refractivity contribution in [3.05, 3.63) is 69.9 Å². The smallest absolute Gasteiger partial charge is 0.0420 e. The van der Waals surface area contributed by atoms with Crippen LogP contribution in [0.4, 0.5) is 0 Å². The Bertz CT molecular complexity index is 1340. The third-order valence-electron chi connectivity index (χ3n) is 11.1. The van der Waals surface area contributed by atoms with Crippen molar-refractivity contribution in [2.45, 2.75) is 117 Å². The average Bonchev–Trinajstić information content (AvgIpc) is 3.18. The van der Waals surface area contributed by atoms with E-state index in [0.29, 0.717) is 17.4 Å². The van der Waals surface area contributed by atoms with E-state index in [9.17, 15) is 0 Å². The minimum absolute atomic E-state index is 0.529. The summed E-state index contributed by atoms with van der Waals surface area (Å²) in [7, 11) is 0. The zero-order valence-electron chi connectivity index (χ0n) is 25.6. The summed E-state index contributed by atoms with van der Waals surface area (Å²) in [4.78, 5) is 0. The van der Waals surface area contributed by atoms with Crippen molar-refractivity contribution in [2.24, 2.45) is 23.2 Å². The lowest BCUT2D eigenvalue weighted by atomic mass is 9.66. The van der Waals surface area contributed by atoms with E-state index in [0.717, 1.165) is 24.2 Å². The Hall–Kier alpha value is -2.28. The number of nitrogens with zero attached hydrogens (tertiary/aromatic N) is 1. The van der Waals surface area contributed by atoms with Crippen molar-refractivity contribution in [3.63, 3.8) is 0 Å². The van der Waals surface area contributed by atoms with Gasteiger partial charge in [0.2, 0.25) is 0 Å². The topological polar surface area (TPSA) is 4.93 Å².